The summed E-state index contributed by atoms with van der Waals surface area (Å²) in [4.78, 5) is 4.35. The second-order valence-corrected chi connectivity index (χ2v) is 5.08. The standard InChI is InChI=1S/C14H21N3OS/c1-2-18-10-3-6-15-14-16-7-9-17(14)8-4-13-5-11-19-12-13/h5,7,9,11-12H,2-4,6,8,10H2,1H3,(H,15,16). The van der Waals surface area contributed by atoms with E-state index in [0.717, 1.165) is 45.1 Å². The summed E-state index contributed by atoms with van der Waals surface area (Å²) in [5.41, 5.74) is 1.39. The van der Waals surface area contributed by atoms with E-state index in [1.807, 2.05) is 19.3 Å². The molecule has 0 bridgehead atoms. The quantitative estimate of drug-likeness (QED) is 0.717. The number of nitrogens with zero attached hydrogens (tertiary/aromatic N) is 2. The fraction of sp³-hybridized carbons (Fsp3) is 0.500. The van der Waals surface area contributed by atoms with E-state index in [2.05, 4.69) is 31.7 Å². The number of hydrogen-bond acceptors (Lipinski definition) is 4. The molecule has 0 unspecified atom stereocenters. The number of rotatable bonds is 9. The Morgan fingerprint density at radius 2 is 2.42 bits per heavy atom. The van der Waals surface area contributed by atoms with E-state index in [-0.39, 0.29) is 0 Å². The van der Waals surface area contributed by atoms with Crippen LogP contribution in [-0.4, -0.2) is 29.3 Å². The number of aryl methyl sites for hydroxylation is 2. The van der Waals surface area contributed by atoms with Gasteiger partial charge in [0.25, 0.3) is 0 Å². The molecule has 0 aliphatic rings. The fourth-order valence-corrected chi connectivity index (χ4v) is 2.56. The molecule has 0 amide bonds. The Morgan fingerprint density at radius 1 is 1.47 bits per heavy atom. The van der Waals surface area contributed by atoms with Crippen molar-refractivity contribution in [3.8, 4) is 0 Å². The summed E-state index contributed by atoms with van der Waals surface area (Å²) in [6, 6.07) is 2.18. The Kier molecular flexibility index (Phi) is 5.91. The van der Waals surface area contributed by atoms with Gasteiger partial charge < -0.3 is 14.6 Å². The third kappa shape index (κ3) is 4.69. The molecular weight excluding hydrogens is 258 g/mol. The van der Waals surface area contributed by atoms with Crippen LogP contribution in [0.4, 0.5) is 5.95 Å². The average Bonchev–Trinajstić information content (AvgIpc) is 3.07. The summed E-state index contributed by atoms with van der Waals surface area (Å²) in [5.74, 6) is 0.951. The number of anilines is 1. The largest absolute Gasteiger partial charge is 0.382 e. The molecule has 0 saturated carbocycles. The van der Waals surface area contributed by atoms with Gasteiger partial charge in [-0.2, -0.15) is 11.3 Å². The molecule has 4 nitrogen and oxygen atoms in total. The van der Waals surface area contributed by atoms with Crippen molar-refractivity contribution in [3.05, 3.63) is 34.8 Å². The van der Waals surface area contributed by atoms with Crippen LogP contribution in [0.15, 0.2) is 29.2 Å². The van der Waals surface area contributed by atoms with E-state index in [0.29, 0.717) is 0 Å². The maximum Gasteiger partial charge on any atom is 0.202 e. The summed E-state index contributed by atoms with van der Waals surface area (Å²) < 4.78 is 7.48. The van der Waals surface area contributed by atoms with Crippen LogP contribution in [-0.2, 0) is 17.7 Å². The molecule has 0 spiro atoms. The van der Waals surface area contributed by atoms with Gasteiger partial charge in [0.15, 0.2) is 0 Å². The van der Waals surface area contributed by atoms with E-state index in [1.165, 1.54) is 5.56 Å². The Balaban J connectivity index is 1.74. The predicted octanol–water partition coefficient (Wildman–Crippen LogP) is 3.03. The molecular formula is C14H21N3OS. The average molecular weight is 279 g/mol. The van der Waals surface area contributed by atoms with Crippen LogP contribution in [0.3, 0.4) is 0 Å². The minimum Gasteiger partial charge on any atom is -0.382 e. The van der Waals surface area contributed by atoms with Crippen LogP contribution in [0.1, 0.15) is 18.9 Å². The third-order valence-corrected chi connectivity index (χ3v) is 3.62. The molecule has 2 aromatic heterocycles. The zero-order valence-corrected chi connectivity index (χ0v) is 12.2. The number of thiophene rings is 1. The summed E-state index contributed by atoms with van der Waals surface area (Å²) in [6.07, 6.45) is 5.93. The zero-order chi connectivity index (χ0) is 13.3. The molecule has 0 aliphatic carbocycles. The smallest absolute Gasteiger partial charge is 0.202 e. The van der Waals surface area contributed by atoms with Crippen molar-refractivity contribution in [2.45, 2.75) is 26.3 Å². The highest BCUT2D eigenvalue weighted by molar-refractivity contribution is 7.07. The maximum absolute atomic E-state index is 5.31. The minimum absolute atomic E-state index is 0.787. The van der Waals surface area contributed by atoms with E-state index in [9.17, 15) is 0 Å². The first-order chi connectivity index (χ1) is 9.40. The Bertz CT molecular complexity index is 453. The summed E-state index contributed by atoms with van der Waals surface area (Å²) in [5, 5.41) is 7.68. The Labute approximate surface area is 118 Å². The molecule has 0 aliphatic heterocycles. The number of aromatic nitrogens is 2. The van der Waals surface area contributed by atoms with Crippen molar-refractivity contribution < 1.29 is 4.74 Å². The zero-order valence-electron chi connectivity index (χ0n) is 11.3. The van der Waals surface area contributed by atoms with E-state index >= 15 is 0 Å². The van der Waals surface area contributed by atoms with Crippen molar-refractivity contribution in [2.24, 2.45) is 0 Å². The highest BCUT2D eigenvalue weighted by atomic mass is 32.1. The SMILES string of the molecule is CCOCCCNc1nccn1CCc1ccsc1. The van der Waals surface area contributed by atoms with E-state index in [1.54, 1.807) is 11.3 Å². The van der Waals surface area contributed by atoms with Crippen LogP contribution in [0, 0.1) is 0 Å². The van der Waals surface area contributed by atoms with Crippen molar-refractivity contribution in [1.82, 2.24) is 9.55 Å². The third-order valence-electron chi connectivity index (χ3n) is 2.89. The van der Waals surface area contributed by atoms with Crippen molar-refractivity contribution in [1.29, 1.82) is 0 Å². The fourth-order valence-electron chi connectivity index (χ4n) is 1.86. The van der Waals surface area contributed by atoms with Crippen molar-refractivity contribution >= 4 is 17.3 Å². The lowest BCUT2D eigenvalue weighted by atomic mass is 10.2. The molecule has 0 radical (unpaired) electrons. The Morgan fingerprint density at radius 3 is 3.21 bits per heavy atom. The summed E-state index contributed by atoms with van der Waals surface area (Å²) in [7, 11) is 0. The molecule has 0 fully saturated rings. The first-order valence-electron chi connectivity index (χ1n) is 6.74. The molecule has 19 heavy (non-hydrogen) atoms. The first kappa shape index (κ1) is 14.1. The lowest BCUT2D eigenvalue weighted by molar-refractivity contribution is 0.147. The van der Waals surface area contributed by atoms with Gasteiger partial charge in [-0.1, -0.05) is 0 Å². The molecule has 104 valence electrons. The predicted molar refractivity (Wildman–Crippen MR) is 79.8 cm³/mol. The number of imidazole rings is 1. The molecule has 0 saturated heterocycles. The lowest BCUT2D eigenvalue weighted by Crippen LogP contribution is -2.11. The summed E-state index contributed by atoms with van der Waals surface area (Å²) in [6.45, 7) is 5.47. The van der Waals surface area contributed by atoms with Gasteiger partial charge in [0.1, 0.15) is 0 Å². The molecule has 5 heteroatoms. The maximum atomic E-state index is 5.31. The van der Waals surface area contributed by atoms with Crippen LogP contribution in [0.25, 0.3) is 0 Å². The van der Waals surface area contributed by atoms with E-state index in [4.69, 9.17) is 4.74 Å². The van der Waals surface area contributed by atoms with Gasteiger partial charge in [-0.3, -0.25) is 0 Å². The second-order valence-electron chi connectivity index (χ2n) is 4.30. The minimum atomic E-state index is 0.787. The first-order valence-corrected chi connectivity index (χ1v) is 7.68. The molecule has 2 heterocycles. The lowest BCUT2D eigenvalue weighted by Gasteiger charge is -2.09. The Hall–Kier alpha value is -1.33. The summed E-state index contributed by atoms with van der Waals surface area (Å²) >= 11 is 1.75. The van der Waals surface area contributed by atoms with Gasteiger partial charge in [0, 0.05) is 38.7 Å². The van der Waals surface area contributed by atoms with Crippen LogP contribution < -0.4 is 5.32 Å². The van der Waals surface area contributed by atoms with Crippen LogP contribution >= 0.6 is 11.3 Å². The van der Waals surface area contributed by atoms with Gasteiger partial charge >= 0.3 is 0 Å². The number of nitrogens with one attached hydrogen (secondary N) is 1. The highest BCUT2D eigenvalue weighted by Crippen LogP contribution is 2.10. The molecule has 0 aromatic carbocycles. The van der Waals surface area contributed by atoms with Crippen molar-refractivity contribution in [2.75, 3.05) is 25.1 Å². The molecule has 1 N–H and O–H groups in total. The van der Waals surface area contributed by atoms with E-state index < -0.39 is 0 Å². The van der Waals surface area contributed by atoms with Gasteiger partial charge in [-0.25, -0.2) is 4.98 Å². The molecule has 2 rings (SSSR count). The molecule has 2 aromatic rings. The normalized spacial score (nSPS) is 10.8. The number of ether oxygens (including phenoxy) is 1. The van der Waals surface area contributed by atoms with Crippen LogP contribution in [0.5, 0.6) is 0 Å². The number of hydrogen-bond donors (Lipinski definition) is 1. The highest BCUT2D eigenvalue weighted by Gasteiger charge is 2.02. The van der Waals surface area contributed by atoms with Gasteiger partial charge in [-0.15, -0.1) is 0 Å². The van der Waals surface area contributed by atoms with Crippen molar-refractivity contribution in [3.63, 3.8) is 0 Å². The molecule has 0 atom stereocenters. The van der Waals surface area contributed by atoms with Gasteiger partial charge in [0.05, 0.1) is 0 Å². The second kappa shape index (κ2) is 7.96. The topological polar surface area (TPSA) is 39.1 Å². The van der Waals surface area contributed by atoms with Crippen LogP contribution in [0.2, 0.25) is 0 Å². The van der Waals surface area contributed by atoms with Gasteiger partial charge in [0.2, 0.25) is 5.95 Å². The van der Waals surface area contributed by atoms with Gasteiger partial charge in [-0.05, 0) is 42.2 Å². The monoisotopic (exact) mass is 279 g/mol.